The van der Waals surface area contributed by atoms with Crippen LogP contribution in [0.3, 0.4) is 0 Å². The smallest absolute Gasteiger partial charge is 0.550 e. The van der Waals surface area contributed by atoms with Gasteiger partial charge in [-0.15, -0.1) is 0 Å². The van der Waals surface area contributed by atoms with E-state index in [0.29, 0.717) is 23.9 Å². The Labute approximate surface area is 319 Å². The molecule has 2 aromatic heterocycles. The van der Waals surface area contributed by atoms with E-state index in [1.165, 1.54) is 0 Å². The number of aryl methyl sites for hydroxylation is 2. The number of rotatable bonds is 15. The molecular formula is C27H30N5Na3O9. The van der Waals surface area contributed by atoms with Crippen LogP contribution in [0.4, 0.5) is 5.95 Å². The number of H-pyrrole nitrogens is 2. The van der Waals surface area contributed by atoms with Crippen LogP contribution < -0.4 is 121 Å². The van der Waals surface area contributed by atoms with Gasteiger partial charge in [0.1, 0.15) is 5.65 Å². The quantitative estimate of drug-likeness (QED) is 0.0899. The number of hydrogen-bond acceptors (Lipinski definition) is 11. The minimum Gasteiger partial charge on any atom is -0.550 e. The number of amides is 1. The third kappa shape index (κ3) is 13.2. The molecule has 0 fully saturated rings. The summed E-state index contributed by atoms with van der Waals surface area (Å²) in [5.41, 5.74) is 7.44. The molecule has 0 saturated heterocycles. The number of hydrogen-bond donors (Lipinski definition) is 4. The van der Waals surface area contributed by atoms with E-state index in [2.05, 4.69) is 20.3 Å². The molecule has 1 aromatic carbocycles. The van der Waals surface area contributed by atoms with Crippen molar-refractivity contribution in [3.8, 4) is 0 Å². The molecule has 17 heteroatoms. The average molecular weight is 638 g/mol. The summed E-state index contributed by atoms with van der Waals surface area (Å²) >= 11 is 0. The van der Waals surface area contributed by atoms with E-state index in [1.807, 2.05) is 0 Å². The van der Waals surface area contributed by atoms with Crippen LogP contribution in [0.25, 0.3) is 11.0 Å². The molecule has 2 heterocycles. The molecule has 0 bridgehead atoms. The van der Waals surface area contributed by atoms with Gasteiger partial charge in [-0.25, -0.2) is 0 Å². The number of carboxylic acids is 3. The van der Waals surface area contributed by atoms with Crippen molar-refractivity contribution < 1.29 is 128 Å². The van der Waals surface area contributed by atoms with E-state index < -0.39 is 67.2 Å². The largest absolute Gasteiger partial charge is 1.00 e. The van der Waals surface area contributed by atoms with Crippen molar-refractivity contribution in [3.05, 3.63) is 57.5 Å². The third-order valence-electron chi connectivity index (χ3n) is 6.34. The van der Waals surface area contributed by atoms with Gasteiger partial charge in [-0.2, -0.15) is 4.98 Å². The van der Waals surface area contributed by atoms with Gasteiger partial charge in [-0.3, -0.25) is 19.4 Å². The summed E-state index contributed by atoms with van der Waals surface area (Å²) in [6.07, 6.45) is 0.460. The fourth-order valence-electron chi connectivity index (χ4n) is 4.18. The number of carbonyl (C=O) groups excluding carboxylic acids is 5. The second kappa shape index (κ2) is 20.9. The van der Waals surface area contributed by atoms with Crippen molar-refractivity contribution in [1.29, 1.82) is 0 Å². The Bertz CT molecular complexity index is 1490. The van der Waals surface area contributed by atoms with Crippen LogP contribution in [-0.4, -0.2) is 50.6 Å². The zero-order valence-corrected chi connectivity index (χ0v) is 30.2. The molecule has 44 heavy (non-hydrogen) atoms. The first kappa shape index (κ1) is 44.1. The van der Waals surface area contributed by atoms with Crippen LogP contribution in [0, 0.1) is 5.92 Å². The van der Waals surface area contributed by atoms with Crippen molar-refractivity contribution in [1.82, 2.24) is 20.3 Å². The summed E-state index contributed by atoms with van der Waals surface area (Å²) in [5, 5.41) is 35.7. The van der Waals surface area contributed by atoms with Gasteiger partial charge < -0.3 is 45.7 Å². The van der Waals surface area contributed by atoms with Crippen LogP contribution >= 0.6 is 0 Å². The maximum Gasteiger partial charge on any atom is 1.00 e. The minimum atomic E-state index is -1.69. The fraction of sp³-hybridized carbons (Fsp3) is 0.370. The number of aliphatic carboxylic acids is 3. The topological polar surface area (TPSA) is 254 Å². The van der Waals surface area contributed by atoms with E-state index in [-0.39, 0.29) is 120 Å². The first-order valence-electron chi connectivity index (χ1n) is 12.3. The predicted molar refractivity (Wildman–Crippen MR) is 140 cm³/mol. The van der Waals surface area contributed by atoms with Crippen LogP contribution in [-0.2, 0) is 32.0 Å². The van der Waals surface area contributed by atoms with Gasteiger partial charge in [0.25, 0.3) is 5.56 Å². The Kier molecular flexibility index (Phi) is 21.0. The van der Waals surface area contributed by atoms with Crippen molar-refractivity contribution in [3.63, 3.8) is 0 Å². The Morgan fingerprint density at radius 1 is 0.909 bits per heavy atom. The van der Waals surface area contributed by atoms with Crippen molar-refractivity contribution >= 4 is 46.6 Å². The molecule has 0 radical (unpaired) electrons. The summed E-state index contributed by atoms with van der Waals surface area (Å²) in [7, 11) is 0. The molecule has 14 nitrogen and oxygen atoms in total. The van der Waals surface area contributed by atoms with Crippen molar-refractivity contribution in [2.24, 2.45) is 5.92 Å². The summed E-state index contributed by atoms with van der Waals surface area (Å²) in [5.74, 6) is -7.38. The second-order valence-electron chi connectivity index (χ2n) is 9.22. The minimum absolute atomic E-state index is 0. The number of benzene rings is 1. The maximum atomic E-state index is 12.7. The first-order chi connectivity index (χ1) is 18.9. The molecule has 0 saturated carbocycles. The van der Waals surface area contributed by atoms with Gasteiger partial charge in [-0.05, 0) is 43.2 Å². The molecule has 0 unspecified atom stereocenters. The van der Waals surface area contributed by atoms with Gasteiger partial charge in [0.15, 0.2) is 5.78 Å². The van der Waals surface area contributed by atoms with Crippen LogP contribution in [0.15, 0.2) is 35.3 Å². The number of carbonyl (C=O) groups is 5. The zero-order chi connectivity index (χ0) is 29.4. The number of Topliss-reactive ketones (excluding diaryl/α,β-unsaturated/α-hetero) is 1. The number of nitrogens with two attached hydrogens (primary N) is 1. The summed E-state index contributed by atoms with van der Waals surface area (Å²) in [6, 6.07) is 4.91. The van der Waals surface area contributed by atoms with Crippen molar-refractivity contribution in [2.75, 3.05) is 5.73 Å². The molecule has 2 atom stereocenters. The normalized spacial score (nSPS) is 11.4. The van der Waals surface area contributed by atoms with E-state index in [9.17, 15) is 44.1 Å². The molecular weight excluding hydrogens is 607 g/mol. The molecule has 3 aromatic rings. The SMILES string of the molecule is C.Nc1nc2[nH]cc(CCc3ccc(C(=O)C[C@@H](CCC(=O)N[C@@H](CCC(=O)[O-])C(=O)[O-])C(=O)[O-])cc3)c2c(=O)[nH]1.[Na+].[Na+].[Na+]. The number of ketones is 1. The third-order valence-corrected chi connectivity index (χ3v) is 6.34. The second-order valence-corrected chi connectivity index (χ2v) is 9.22. The van der Waals surface area contributed by atoms with Gasteiger partial charge in [0.05, 0.1) is 17.4 Å². The van der Waals surface area contributed by atoms with Gasteiger partial charge in [-0.1, -0.05) is 31.7 Å². The van der Waals surface area contributed by atoms with E-state index in [4.69, 9.17) is 5.73 Å². The number of nitrogen functional groups attached to an aromatic ring is 1. The maximum absolute atomic E-state index is 12.7. The Balaban J connectivity index is 0. The standard InChI is InChI=1S/C26H29N5O9.CH4.3Na/c27-26-30-22-21(23(36)31-26)16(12-28-22)6-3-13-1-4-14(5-2-13)18(32)11-15(24(37)38)7-9-19(33)29-17(25(39)40)8-10-20(34)35;;;;/h1-2,4-5,12,15,17H,3,6-11H2,(H,29,33)(H,34,35)(H,37,38)(H,39,40)(H4,27,28,30,31,36);1H4;;;/q;;3*+1/p-3/t15-,17+;;;;/m1..../s1. The monoisotopic (exact) mass is 637 g/mol. The molecule has 3 rings (SSSR count). The Hall–Kier alpha value is -2.01. The Morgan fingerprint density at radius 2 is 1.55 bits per heavy atom. The Morgan fingerprint density at radius 3 is 2.11 bits per heavy atom. The number of nitrogens with zero attached hydrogens (tertiary/aromatic N) is 1. The van der Waals surface area contributed by atoms with Gasteiger partial charge >= 0.3 is 88.7 Å². The average Bonchev–Trinajstić information content (AvgIpc) is 3.30. The van der Waals surface area contributed by atoms with E-state index >= 15 is 0 Å². The van der Waals surface area contributed by atoms with Gasteiger partial charge in [0, 0.05) is 42.5 Å². The van der Waals surface area contributed by atoms with Crippen molar-refractivity contribution in [2.45, 2.75) is 58.4 Å². The summed E-state index contributed by atoms with van der Waals surface area (Å²) in [4.78, 5) is 79.6. The molecule has 0 aliphatic heterocycles. The van der Waals surface area contributed by atoms with Crippen LogP contribution in [0.5, 0.6) is 0 Å². The molecule has 5 N–H and O–H groups in total. The number of carboxylic acid groups (broad SMARTS) is 3. The molecule has 0 aliphatic rings. The molecule has 0 spiro atoms. The van der Waals surface area contributed by atoms with Crippen LogP contribution in [0.2, 0.25) is 0 Å². The summed E-state index contributed by atoms with van der Waals surface area (Å²) < 4.78 is 0. The fourth-order valence-corrected chi connectivity index (χ4v) is 4.18. The molecule has 0 aliphatic carbocycles. The van der Waals surface area contributed by atoms with Crippen LogP contribution in [0.1, 0.15) is 61.0 Å². The number of nitrogens with one attached hydrogen (secondary N) is 3. The number of aromatic nitrogens is 3. The van der Waals surface area contributed by atoms with Gasteiger partial charge in [0.2, 0.25) is 11.9 Å². The number of anilines is 1. The summed E-state index contributed by atoms with van der Waals surface area (Å²) in [6.45, 7) is 0. The molecule has 220 valence electrons. The number of aromatic amines is 2. The predicted octanol–water partition coefficient (Wildman–Crippen LogP) is -11.2. The number of fused-ring (bicyclic) bond motifs is 1. The zero-order valence-electron chi connectivity index (χ0n) is 24.2. The van der Waals surface area contributed by atoms with E-state index in [0.717, 1.165) is 11.1 Å². The first-order valence-corrected chi connectivity index (χ1v) is 12.3. The van der Waals surface area contributed by atoms with E-state index in [1.54, 1.807) is 30.5 Å². The molecule has 1 amide bonds.